The van der Waals surface area contributed by atoms with Gasteiger partial charge in [-0.2, -0.15) is 13.2 Å². The number of halogens is 6. The Labute approximate surface area is 345 Å². The highest BCUT2D eigenvalue weighted by atomic mass is 19.4. The number of hydrogen-bond donors (Lipinski definition) is 0. The summed E-state index contributed by atoms with van der Waals surface area (Å²) in [5, 5.41) is 11.4. The molecule has 0 saturated carbocycles. The maximum absolute atomic E-state index is 14.9. The van der Waals surface area contributed by atoms with E-state index in [2.05, 4.69) is 60.7 Å². The second-order valence-electron chi connectivity index (χ2n) is 15.5. The molecule has 61 heavy (non-hydrogen) atoms. The molecule has 0 nitrogen and oxygen atoms in total. The molecule has 0 bridgehead atoms. The van der Waals surface area contributed by atoms with E-state index in [1.807, 2.05) is 78.9 Å². The number of benzene rings is 11. The second kappa shape index (κ2) is 13.8. The van der Waals surface area contributed by atoms with Gasteiger partial charge in [-0.3, -0.25) is 0 Å². The standard InChI is InChI=1S/C55H30F6/c56-50-29-36(30-51(57)54(50)58)33-21-23-45-49(26-33)53(47-28-35-11-2-4-15-39(35)41-17-6-8-19-43(41)47)44-22-20-32(31-12-9-13-37(24-31)55(59,60)61)25-48(44)52(45)46-27-34-10-1-3-14-38(34)40-16-5-7-18-42(40)46/h1-30H. The average Bonchev–Trinajstić information content (AvgIpc) is 3.29. The summed E-state index contributed by atoms with van der Waals surface area (Å²) < 4.78 is 86.4. The van der Waals surface area contributed by atoms with E-state index in [-0.39, 0.29) is 5.56 Å². The third-order valence-corrected chi connectivity index (χ3v) is 12.0. The lowest BCUT2D eigenvalue weighted by atomic mass is 9.81. The third kappa shape index (κ3) is 5.93. The molecule has 11 rings (SSSR count). The molecule has 11 aromatic rings. The van der Waals surface area contributed by atoms with Gasteiger partial charge in [0.05, 0.1) is 5.56 Å². The molecule has 11 aromatic carbocycles. The summed E-state index contributed by atoms with van der Waals surface area (Å²) in [5.74, 6) is -4.12. The quantitative estimate of drug-likeness (QED) is 0.0719. The highest BCUT2D eigenvalue weighted by Crippen LogP contribution is 2.50. The Morgan fingerprint density at radius 2 is 0.721 bits per heavy atom. The summed E-state index contributed by atoms with van der Waals surface area (Å²) >= 11 is 0. The Hall–Kier alpha value is -7.44. The first-order chi connectivity index (χ1) is 29.6. The van der Waals surface area contributed by atoms with Crippen LogP contribution in [0.2, 0.25) is 0 Å². The van der Waals surface area contributed by atoms with Crippen molar-refractivity contribution in [3.63, 3.8) is 0 Å². The van der Waals surface area contributed by atoms with E-state index >= 15 is 0 Å². The minimum Gasteiger partial charge on any atom is -0.204 e. The topological polar surface area (TPSA) is 0 Å². The molecule has 0 atom stereocenters. The molecule has 0 spiro atoms. The highest BCUT2D eigenvalue weighted by molar-refractivity contribution is 6.29. The van der Waals surface area contributed by atoms with Crippen molar-refractivity contribution in [2.75, 3.05) is 0 Å². The van der Waals surface area contributed by atoms with Crippen LogP contribution in [0.1, 0.15) is 5.56 Å². The number of fused-ring (bicyclic) bond motifs is 8. The van der Waals surface area contributed by atoms with Crippen LogP contribution in [-0.4, -0.2) is 0 Å². The van der Waals surface area contributed by atoms with Crippen LogP contribution in [0, 0.1) is 17.5 Å². The summed E-state index contributed by atoms with van der Waals surface area (Å²) in [6.07, 6.45) is -4.53. The molecule has 0 heterocycles. The smallest absolute Gasteiger partial charge is 0.204 e. The summed E-state index contributed by atoms with van der Waals surface area (Å²) in [4.78, 5) is 0. The van der Waals surface area contributed by atoms with Crippen LogP contribution in [0.5, 0.6) is 0 Å². The Kier molecular flexibility index (Phi) is 8.30. The minimum atomic E-state index is -4.53. The zero-order valence-corrected chi connectivity index (χ0v) is 32.1. The van der Waals surface area contributed by atoms with Crippen molar-refractivity contribution in [2.24, 2.45) is 0 Å². The van der Waals surface area contributed by atoms with Crippen molar-refractivity contribution < 1.29 is 26.3 Å². The average molecular weight is 805 g/mol. The maximum atomic E-state index is 14.9. The van der Waals surface area contributed by atoms with Gasteiger partial charge in [-0.1, -0.05) is 133 Å². The van der Waals surface area contributed by atoms with Crippen molar-refractivity contribution in [2.45, 2.75) is 6.18 Å². The summed E-state index contributed by atoms with van der Waals surface area (Å²) in [5.41, 5.74) is 4.42. The van der Waals surface area contributed by atoms with Crippen LogP contribution in [0.25, 0.3) is 109 Å². The summed E-state index contributed by atoms with van der Waals surface area (Å²) in [7, 11) is 0. The van der Waals surface area contributed by atoms with Gasteiger partial charge < -0.3 is 0 Å². The first-order valence-corrected chi connectivity index (χ1v) is 19.8. The van der Waals surface area contributed by atoms with Crippen LogP contribution < -0.4 is 0 Å². The largest absolute Gasteiger partial charge is 0.416 e. The van der Waals surface area contributed by atoms with Gasteiger partial charge in [-0.15, -0.1) is 0 Å². The SMILES string of the molecule is Fc1cc(-c2ccc3c(-c4cc5ccccc5c5ccccc45)c4cc(-c5cccc(C(F)(F)F)c5)ccc4c(-c4cc5ccccc5c5ccccc45)c3c2)cc(F)c1F. The van der Waals surface area contributed by atoms with Crippen molar-refractivity contribution in [1.29, 1.82) is 0 Å². The second-order valence-corrected chi connectivity index (χ2v) is 15.5. The van der Waals surface area contributed by atoms with Crippen LogP contribution in [0.4, 0.5) is 26.3 Å². The van der Waals surface area contributed by atoms with E-state index in [1.54, 1.807) is 12.1 Å². The molecule has 0 saturated heterocycles. The van der Waals surface area contributed by atoms with Gasteiger partial charge in [0.2, 0.25) is 0 Å². The van der Waals surface area contributed by atoms with Gasteiger partial charge in [-0.25, -0.2) is 13.2 Å². The molecule has 292 valence electrons. The van der Waals surface area contributed by atoms with Gasteiger partial charge in [-0.05, 0) is 158 Å². The Morgan fingerprint density at radius 1 is 0.295 bits per heavy atom. The fraction of sp³-hybridized carbons (Fsp3) is 0.0182. The normalized spacial score (nSPS) is 12.1. The lowest BCUT2D eigenvalue weighted by molar-refractivity contribution is -0.137. The van der Waals surface area contributed by atoms with E-state index in [0.717, 1.165) is 105 Å². The van der Waals surface area contributed by atoms with Crippen molar-refractivity contribution in [1.82, 2.24) is 0 Å². The lowest BCUT2D eigenvalue weighted by Gasteiger charge is -2.22. The predicted molar refractivity (Wildman–Crippen MR) is 238 cm³/mol. The molecule has 0 N–H and O–H groups in total. The zero-order valence-electron chi connectivity index (χ0n) is 32.1. The Bertz CT molecular complexity index is 3600. The molecule has 0 unspecified atom stereocenters. The van der Waals surface area contributed by atoms with Crippen LogP contribution >= 0.6 is 0 Å². The zero-order chi connectivity index (χ0) is 41.6. The van der Waals surface area contributed by atoms with Gasteiger partial charge in [0.25, 0.3) is 0 Å². The van der Waals surface area contributed by atoms with Crippen molar-refractivity contribution in [3.8, 4) is 44.5 Å². The summed E-state index contributed by atoms with van der Waals surface area (Å²) in [6.45, 7) is 0. The first-order valence-electron chi connectivity index (χ1n) is 19.8. The maximum Gasteiger partial charge on any atom is 0.416 e. The molecule has 0 aliphatic heterocycles. The van der Waals surface area contributed by atoms with Gasteiger partial charge in [0.15, 0.2) is 17.5 Å². The van der Waals surface area contributed by atoms with Crippen LogP contribution in [-0.2, 0) is 6.18 Å². The van der Waals surface area contributed by atoms with Gasteiger partial charge in [0, 0.05) is 0 Å². The van der Waals surface area contributed by atoms with Crippen molar-refractivity contribution >= 4 is 64.6 Å². The molecule has 0 amide bonds. The monoisotopic (exact) mass is 804 g/mol. The van der Waals surface area contributed by atoms with Gasteiger partial charge >= 0.3 is 6.18 Å². The van der Waals surface area contributed by atoms with E-state index in [9.17, 15) is 26.3 Å². The Balaban J connectivity index is 1.35. The van der Waals surface area contributed by atoms with E-state index in [4.69, 9.17) is 0 Å². The number of alkyl halides is 3. The highest BCUT2D eigenvalue weighted by Gasteiger charge is 2.31. The number of hydrogen-bond acceptors (Lipinski definition) is 0. The van der Waals surface area contributed by atoms with Crippen LogP contribution in [0.3, 0.4) is 0 Å². The molecule has 0 radical (unpaired) electrons. The van der Waals surface area contributed by atoms with E-state index in [1.165, 1.54) is 12.1 Å². The van der Waals surface area contributed by atoms with Crippen LogP contribution in [0.15, 0.2) is 182 Å². The first kappa shape index (κ1) is 36.6. The summed E-state index contributed by atoms with van der Waals surface area (Å²) in [6, 6.07) is 55.7. The number of rotatable bonds is 4. The minimum absolute atomic E-state index is 0.172. The fourth-order valence-corrected chi connectivity index (χ4v) is 9.29. The molecule has 0 aliphatic carbocycles. The lowest BCUT2D eigenvalue weighted by Crippen LogP contribution is -2.04. The third-order valence-electron chi connectivity index (χ3n) is 12.0. The molecule has 0 fully saturated rings. The molecular weight excluding hydrogens is 775 g/mol. The fourth-order valence-electron chi connectivity index (χ4n) is 9.29. The van der Waals surface area contributed by atoms with E-state index in [0.29, 0.717) is 16.7 Å². The van der Waals surface area contributed by atoms with Gasteiger partial charge in [0.1, 0.15) is 0 Å². The predicted octanol–water partition coefficient (Wildman–Crippen LogP) is 16.7. The Morgan fingerprint density at radius 3 is 1.21 bits per heavy atom. The molecule has 0 aliphatic rings. The molecule has 0 aromatic heterocycles. The molecular formula is C55H30F6. The molecule has 6 heteroatoms. The van der Waals surface area contributed by atoms with E-state index < -0.39 is 29.2 Å². The van der Waals surface area contributed by atoms with Crippen molar-refractivity contribution in [3.05, 3.63) is 205 Å².